The lowest BCUT2D eigenvalue weighted by molar-refractivity contribution is 0.208. The second kappa shape index (κ2) is 4.93. The zero-order valence-corrected chi connectivity index (χ0v) is 10.0. The highest BCUT2D eigenvalue weighted by atomic mass is 16.5. The lowest BCUT2D eigenvalue weighted by Gasteiger charge is -2.25. The van der Waals surface area contributed by atoms with E-state index in [9.17, 15) is 0 Å². The molecule has 1 unspecified atom stereocenters. The van der Waals surface area contributed by atoms with Gasteiger partial charge in [-0.15, -0.1) is 0 Å². The molecule has 2 N–H and O–H groups in total. The number of nitrogens with two attached hydrogens (primary N) is 1. The van der Waals surface area contributed by atoms with Gasteiger partial charge in [-0.05, 0) is 25.8 Å². The van der Waals surface area contributed by atoms with E-state index >= 15 is 0 Å². The number of aromatic nitrogens is 2. The zero-order chi connectivity index (χ0) is 11.5. The highest BCUT2D eigenvalue weighted by molar-refractivity contribution is 4.91. The predicted octanol–water partition coefficient (Wildman–Crippen LogP) is 0.801. The number of hydrogen-bond donors (Lipinski definition) is 1. The smallest absolute Gasteiger partial charge is 0.226 e. The third-order valence-electron chi connectivity index (χ3n) is 3.18. The van der Waals surface area contributed by atoms with Gasteiger partial charge in [0, 0.05) is 19.0 Å². The highest BCUT2D eigenvalue weighted by Gasteiger charge is 2.33. The molecule has 1 fully saturated rings. The minimum atomic E-state index is 0.462. The number of rotatable bonds is 6. The molecule has 1 atom stereocenters. The third-order valence-corrected chi connectivity index (χ3v) is 3.18. The standard InChI is InChI=1S/C11H20N4O/c1-3-11-13-10(14-16-11)7-15(2)9(6-12)8-4-5-8/h8-9H,3-7,12H2,1-2H3. The minimum absolute atomic E-state index is 0.462. The van der Waals surface area contributed by atoms with E-state index < -0.39 is 0 Å². The molecule has 1 aliphatic carbocycles. The first-order valence-electron chi connectivity index (χ1n) is 5.96. The Morgan fingerprint density at radius 3 is 2.81 bits per heavy atom. The highest BCUT2D eigenvalue weighted by Crippen LogP contribution is 2.34. The molecule has 1 heterocycles. The van der Waals surface area contributed by atoms with Crippen molar-refractivity contribution in [3.63, 3.8) is 0 Å². The molecular weight excluding hydrogens is 204 g/mol. The van der Waals surface area contributed by atoms with E-state index in [1.54, 1.807) is 0 Å². The maximum atomic E-state index is 5.79. The molecule has 0 amide bonds. The van der Waals surface area contributed by atoms with Gasteiger partial charge < -0.3 is 10.3 Å². The number of nitrogens with zero attached hydrogens (tertiary/aromatic N) is 3. The topological polar surface area (TPSA) is 68.2 Å². The van der Waals surface area contributed by atoms with E-state index in [1.807, 2.05) is 6.92 Å². The molecule has 1 aromatic rings. The molecule has 0 aliphatic heterocycles. The van der Waals surface area contributed by atoms with Crippen LogP contribution < -0.4 is 5.73 Å². The normalized spacial score (nSPS) is 18.0. The van der Waals surface area contributed by atoms with Crippen LogP contribution in [0.15, 0.2) is 4.52 Å². The Balaban J connectivity index is 1.92. The molecule has 90 valence electrons. The van der Waals surface area contributed by atoms with Crippen molar-refractivity contribution in [1.29, 1.82) is 0 Å². The van der Waals surface area contributed by atoms with Crippen molar-refractivity contribution in [3.8, 4) is 0 Å². The molecule has 1 aromatic heterocycles. The Hall–Kier alpha value is -0.940. The third kappa shape index (κ3) is 2.59. The average Bonchev–Trinajstić information content (AvgIpc) is 2.99. The number of likely N-dealkylation sites (N-methyl/N-ethyl adjacent to an activating group) is 1. The van der Waals surface area contributed by atoms with Crippen LogP contribution in [0.5, 0.6) is 0 Å². The summed E-state index contributed by atoms with van der Waals surface area (Å²) < 4.78 is 5.09. The summed E-state index contributed by atoms with van der Waals surface area (Å²) in [5.74, 6) is 2.24. The molecule has 5 nitrogen and oxygen atoms in total. The number of hydrogen-bond acceptors (Lipinski definition) is 5. The van der Waals surface area contributed by atoms with Crippen molar-refractivity contribution in [2.24, 2.45) is 11.7 Å². The van der Waals surface area contributed by atoms with E-state index in [-0.39, 0.29) is 0 Å². The Morgan fingerprint density at radius 2 is 2.31 bits per heavy atom. The first-order chi connectivity index (χ1) is 7.74. The van der Waals surface area contributed by atoms with E-state index in [1.165, 1.54) is 12.8 Å². The van der Waals surface area contributed by atoms with Gasteiger partial charge >= 0.3 is 0 Å². The predicted molar refractivity (Wildman–Crippen MR) is 60.7 cm³/mol. The van der Waals surface area contributed by atoms with Crippen LogP contribution in [0.4, 0.5) is 0 Å². The van der Waals surface area contributed by atoms with Gasteiger partial charge in [0.25, 0.3) is 0 Å². The van der Waals surface area contributed by atoms with Crippen molar-refractivity contribution in [2.45, 2.75) is 38.8 Å². The van der Waals surface area contributed by atoms with Crippen molar-refractivity contribution in [3.05, 3.63) is 11.7 Å². The molecule has 0 radical (unpaired) electrons. The van der Waals surface area contributed by atoms with Crippen LogP contribution in [-0.4, -0.2) is 34.7 Å². The zero-order valence-electron chi connectivity index (χ0n) is 10.0. The summed E-state index contributed by atoms with van der Waals surface area (Å²) in [5, 5.41) is 3.95. The van der Waals surface area contributed by atoms with Gasteiger partial charge in [0.2, 0.25) is 5.89 Å². The first kappa shape index (κ1) is 11.5. The minimum Gasteiger partial charge on any atom is -0.339 e. The number of aryl methyl sites for hydroxylation is 1. The molecule has 0 aromatic carbocycles. The van der Waals surface area contributed by atoms with E-state index in [2.05, 4.69) is 22.1 Å². The first-order valence-corrected chi connectivity index (χ1v) is 5.96. The van der Waals surface area contributed by atoms with Crippen LogP contribution >= 0.6 is 0 Å². The van der Waals surface area contributed by atoms with E-state index in [0.717, 1.165) is 24.7 Å². The van der Waals surface area contributed by atoms with E-state index in [0.29, 0.717) is 18.5 Å². The van der Waals surface area contributed by atoms with Gasteiger partial charge in [-0.2, -0.15) is 4.98 Å². The van der Waals surface area contributed by atoms with Crippen LogP contribution in [0, 0.1) is 5.92 Å². The molecule has 0 spiro atoms. The summed E-state index contributed by atoms with van der Waals surface area (Å²) in [7, 11) is 2.08. The molecule has 1 aliphatic rings. The van der Waals surface area contributed by atoms with Crippen molar-refractivity contribution < 1.29 is 4.52 Å². The fourth-order valence-corrected chi connectivity index (χ4v) is 2.05. The summed E-state index contributed by atoms with van der Waals surface area (Å²) in [6.07, 6.45) is 3.40. The second-order valence-corrected chi connectivity index (χ2v) is 4.51. The fourth-order valence-electron chi connectivity index (χ4n) is 2.05. The molecule has 16 heavy (non-hydrogen) atoms. The molecular formula is C11H20N4O. The SMILES string of the molecule is CCc1nc(CN(C)C(CN)C2CC2)no1. The van der Waals surface area contributed by atoms with Gasteiger partial charge in [0.15, 0.2) is 5.82 Å². The van der Waals surface area contributed by atoms with Gasteiger partial charge in [0.05, 0.1) is 6.54 Å². The Kier molecular flexibility index (Phi) is 3.56. The summed E-state index contributed by atoms with van der Waals surface area (Å²) in [6.45, 7) is 3.44. The van der Waals surface area contributed by atoms with Gasteiger partial charge in [-0.25, -0.2) is 0 Å². The van der Waals surface area contributed by atoms with Gasteiger partial charge in [-0.3, -0.25) is 4.90 Å². The summed E-state index contributed by atoms with van der Waals surface area (Å²) in [4.78, 5) is 6.54. The van der Waals surface area contributed by atoms with Crippen LogP contribution in [-0.2, 0) is 13.0 Å². The largest absolute Gasteiger partial charge is 0.339 e. The van der Waals surface area contributed by atoms with Crippen molar-refractivity contribution in [1.82, 2.24) is 15.0 Å². The van der Waals surface area contributed by atoms with Crippen LogP contribution in [0.1, 0.15) is 31.5 Å². The fraction of sp³-hybridized carbons (Fsp3) is 0.818. The summed E-state index contributed by atoms with van der Waals surface area (Å²) >= 11 is 0. The van der Waals surface area contributed by atoms with Gasteiger partial charge in [-0.1, -0.05) is 12.1 Å². The van der Waals surface area contributed by atoms with Crippen molar-refractivity contribution in [2.75, 3.05) is 13.6 Å². The van der Waals surface area contributed by atoms with E-state index in [4.69, 9.17) is 10.3 Å². The van der Waals surface area contributed by atoms with Crippen molar-refractivity contribution >= 4 is 0 Å². The second-order valence-electron chi connectivity index (χ2n) is 4.51. The molecule has 0 saturated heterocycles. The summed E-state index contributed by atoms with van der Waals surface area (Å²) in [5.41, 5.74) is 5.79. The lowest BCUT2D eigenvalue weighted by Crippen LogP contribution is -2.39. The maximum absolute atomic E-state index is 5.79. The van der Waals surface area contributed by atoms with Gasteiger partial charge in [0.1, 0.15) is 0 Å². The average molecular weight is 224 g/mol. The Morgan fingerprint density at radius 1 is 1.56 bits per heavy atom. The monoisotopic (exact) mass is 224 g/mol. The lowest BCUT2D eigenvalue weighted by atomic mass is 10.1. The van der Waals surface area contributed by atoms with Crippen LogP contribution in [0.2, 0.25) is 0 Å². The quantitative estimate of drug-likeness (QED) is 0.774. The Bertz CT molecular complexity index is 334. The molecule has 2 rings (SSSR count). The maximum Gasteiger partial charge on any atom is 0.226 e. The molecule has 1 saturated carbocycles. The van der Waals surface area contributed by atoms with Crippen LogP contribution in [0.3, 0.4) is 0 Å². The molecule has 0 bridgehead atoms. The van der Waals surface area contributed by atoms with Crippen LogP contribution in [0.25, 0.3) is 0 Å². The Labute approximate surface area is 96.0 Å². The molecule has 5 heteroatoms. The summed E-state index contributed by atoms with van der Waals surface area (Å²) in [6, 6.07) is 0.462.